The monoisotopic (exact) mass is 362 g/mol. The van der Waals surface area contributed by atoms with Crippen molar-refractivity contribution in [2.75, 3.05) is 6.61 Å². The molecule has 140 valence electrons. The number of hydrogen-bond acceptors (Lipinski definition) is 6. The van der Waals surface area contributed by atoms with E-state index in [1.165, 1.54) is 30.9 Å². The number of hydrogen-bond donors (Lipinski definition) is 2. The molecule has 0 aliphatic rings. The van der Waals surface area contributed by atoms with Crippen LogP contribution in [0.25, 0.3) is 11.0 Å². The molecule has 2 rings (SSSR count). The van der Waals surface area contributed by atoms with Gasteiger partial charge in [-0.3, -0.25) is 0 Å². The van der Waals surface area contributed by atoms with E-state index in [2.05, 4.69) is 6.92 Å². The molecular weight excluding hydrogens is 340 g/mol. The maximum absolute atomic E-state index is 12.0. The summed E-state index contributed by atoms with van der Waals surface area (Å²) in [5, 5.41) is 19.2. The van der Waals surface area contributed by atoms with Gasteiger partial charge >= 0.3 is 11.6 Å². The Morgan fingerprint density at radius 1 is 1.27 bits per heavy atom. The lowest BCUT2D eigenvalue weighted by molar-refractivity contribution is -0.139. The van der Waals surface area contributed by atoms with Crippen LogP contribution in [0.5, 0.6) is 17.2 Å². The van der Waals surface area contributed by atoms with E-state index < -0.39 is 18.2 Å². The van der Waals surface area contributed by atoms with E-state index in [9.17, 15) is 14.7 Å². The van der Waals surface area contributed by atoms with Gasteiger partial charge in [0.2, 0.25) is 0 Å². The van der Waals surface area contributed by atoms with Crippen LogP contribution in [0.15, 0.2) is 39.7 Å². The zero-order valence-corrected chi connectivity index (χ0v) is 14.6. The van der Waals surface area contributed by atoms with Crippen LogP contribution in [0.3, 0.4) is 0 Å². The van der Waals surface area contributed by atoms with Gasteiger partial charge in [-0.05, 0) is 37.1 Å². The van der Waals surface area contributed by atoms with Gasteiger partial charge in [0.15, 0.2) is 12.4 Å². The minimum Gasteiger partial charge on any atom is -0.504 e. The average Bonchev–Trinajstić information content (AvgIpc) is 2.61. The SMILES string of the molecule is CCCCCC/C=C/Oc1c(O)c2cc(OCC(=O)O)ccc2oc1=O. The molecule has 0 aliphatic carbocycles. The Hall–Kier alpha value is -2.96. The number of rotatable bonds is 10. The molecule has 0 atom stereocenters. The predicted octanol–water partition coefficient (Wildman–Crippen LogP) is 3.82. The number of aromatic hydroxyl groups is 1. The lowest BCUT2D eigenvalue weighted by Crippen LogP contribution is -2.09. The number of ether oxygens (including phenoxy) is 2. The average molecular weight is 362 g/mol. The smallest absolute Gasteiger partial charge is 0.383 e. The summed E-state index contributed by atoms with van der Waals surface area (Å²) in [4.78, 5) is 22.5. The Balaban J connectivity index is 2.14. The Kier molecular flexibility index (Phi) is 7.08. The molecule has 2 N–H and O–H groups in total. The Morgan fingerprint density at radius 3 is 2.81 bits per heavy atom. The van der Waals surface area contributed by atoms with Gasteiger partial charge < -0.3 is 24.1 Å². The van der Waals surface area contributed by atoms with Crippen molar-refractivity contribution in [1.29, 1.82) is 0 Å². The highest BCUT2D eigenvalue weighted by Gasteiger charge is 2.16. The molecule has 0 bridgehead atoms. The van der Waals surface area contributed by atoms with E-state index in [0.717, 1.165) is 25.7 Å². The normalized spacial score (nSPS) is 11.1. The number of allylic oxidation sites excluding steroid dienone is 1. The van der Waals surface area contributed by atoms with E-state index in [0.29, 0.717) is 0 Å². The summed E-state index contributed by atoms with van der Waals surface area (Å²) in [5.41, 5.74) is -0.657. The molecule has 0 spiro atoms. The number of fused-ring (bicyclic) bond motifs is 1. The topological polar surface area (TPSA) is 106 Å². The van der Waals surface area contributed by atoms with Crippen molar-refractivity contribution in [3.05, 3.63) is 41.0 Å². The first-order valence-corrected chi connectivity index (χ1v) is 8.49. The van der Waals surface area contributed by atoms with Gasteiger partial charge in [-0.15, -0.1) is 0 Å². The van der Waals surface area contributed by atoms with Gasteiger partial charge in [0.25, 0.3) is 5.75 Å². The first-order valence-electron chi connectivity index (χ1n) is 8.49. The first kappa shape index (κ1) is 19.4. The van der Waals surface area contributed by atoms with Gasteiger partial charge in [0.1, 0.15) is 11.3 Å². The van der Waals surface area contributed by atoms with E-state index in [1.807, 2.05) is 0 Å². The fourth-order valence-corrected chi connectivity index (χ4v) is 2.36. The number of carboxylic acids is 1. The molecule has 2 aromatic rings. The highest BCUT2D eigenvalue weighted by molar-refractivity contribution is 5.86. The first-order chi connectivity index (χ1) is 12.5. The van der Waals surface area contributed by atoms with E-state index >= 15 is 0 Å². The Labute approximate surface area is 150 Å². The lowest BCUT2D eigenvalue weighted by atomic mass is 10.1. The summed E-state index contributed by atoms with van der Waals surface area (Å²) in [7, 11) is 0. The van der Waals surface area contributed by atoms with Crippen molar-refractivity contribution in [3.8, 4) is 17.2 Å². The van der Waals surface area contributed by atoms with Crippen molar-refractivity contribution in [2.24, 2.45) is 0 Å². The molecule has 7 nitrogen and oxygen atoms in total. The lowest BCUT2D eigenvalue weighted by Gasteiger charge is -2.07. The predicted molar refractivity (Wildman–Crippen MR) is 95.8 cm³/mol. The van der Waals surface area contributed by atoms with Crippen LogP contribution in [0, 0.1) is 0 Å². The van der Waals surface area contributed by atoms with Gasteiger partial charge in [0, 0.05) is 0 Å². The second-order valence-electron chi connectivity index (χ2n) is 5.75. The minimum atomic E-state index is -1.12. The highest BCUT2D eigenvalue weighted by Crippen LogP contribution is 2.33. The summed E-state index contributed by atoms with van der Waals surface area (Å²) in [6, 6.07) is 4.25. The molecule has 7 heteroatoms. The summed E-state index contributed by atoms with van der Waals surface area (Å²) in [6.07, 6.45) is 8.44. The molecule has 0 unspecified atom stereocenters. The summed E-state index contributed by atoms with van der Waals surface area (Å²) >= 11 is 0. The van der Waals surface area contributed by atoms with Gasteiger partial charge in [-0.2, -0.15) is 0 Å². The molecule has 0 radical (unpaired) electrons. The molecule has 1 heterocycles. The molecule has 1 aromatic heterocycles. The molecule has 0 saturated carbocycles. The Bertz CT molecular complexity index is 836. The molecule has 0 saturated heterocycles. The van der Waals surface area contributed by atoms with Crippen molar-refractivity contribution in [3.63, 3.8) is 0 Å². The summed E-state index contributed by atoms with van der Waals surface area (Å²) in [6.45, 7) is 1.62. The second kappa shape index (κ2) is 9.50. The molecule has 0 aliphatic heterocycles. The van der Waals surface area contributed by atoms with Crippen molar-refractivity contribution < 1.29 is 28.9 Å². The fourth-order valence-electron chi connectivity index (χ4n) is 2.36. The van der Waals surface area contributed by atoms with Gasteiger partial charge in [-0.1, -0.05) is 26.2 Å². The van der Waals surface area contributed by atoms with E-state index in [-0.39, 0.29) is 28.2 Å². The van der Waals surface area contributed by atoms with E-state index in [4.69, 9.17) is 19.0 Å². The van der Waals surface area contributed by atoms with Crippen LogP contribution >= 0.6 is 0 Å². The number of carboxylic acid groups (broad SMARTS) is 1. The third kappa shape index (κ3) is 5.27. The largest absolute Gasteiger partial charge is 0.504 e. The van der Waals surface area contributed by atoms with Crippen molar-refractivity contribution >= 4 is 16.9 Å². The standard InChI is InChI=1S/C19H22O7/c1-2-3-4-5-6-7-10-24-18-17(22)14-11-13(25-12-16(20)21)8-9-15(14)26-19(18)23/h7-11,22H,2-6,12H2,1H3,(H,20,21)/b10-7+. The summed E-state index contributed by atoms with van der Waals surface area (Å²) in [5.74, 6) is -1.60. The minimum absolute atomic E-state index is 0.145. The third-order valence-corrected chi connectivity index (χ3v) is 3.68. The maximum atomic E-state index is 12.0. The van der Waals surface area contributed by atoms with Gasteiger partial charge in [0.05, 0.1) is 11.6 Å². The molecule has 0 amide bonds. The van der Waals surface area contributed by atoms with Gasteiger partial charge in [-0.25, -0.2) is 9.59 Å². The third-order valence-electron chi connectivity index (χ3n) is 3.68. The van der Waals surface area contributed by atoms with Crippen LogP contribution in [0.2, 0.25) is 0 Å². The van der Waals surface area contributed by atoms with Crippen LogP contribution in [-0.4, -0.2) is 22.8 Å². The number of benzene rings is 1. The second-order valence-corrected chi connectivity index (χ2v) is 5.75. The molecule has 0 fully saturated rings. The maximum Gasteiger partial charge on any atom is 0.383 e. The van der Waals surface area contributed by atoms with Crippen molar-refractivity contribution in [2.45, 2.75) is 39.0 Å². The van der Waals surface area contributed by atoms with Crippen LogP contribution < -0.4 is 15.1 Å². The van der Waals surface area contributed by atoms with Crippen molar-refractivity contribution in [1.82, 2.24) is 0 Å². The number of carbonyl (C=O) groups is 1. The van der Waals surface area contributed by atoms with Crippen LogP contribution in [0.1, 0.15) is 39.0 Å². The molecular formula is C19H22O7. The highest BCUT2D eigenvalue weighted by atomic mass is 16.5. The number of aliphatic carboxylic acids is 1. The van der Waals surface area contributed by atoms with Crippen LogP contribution in [0.4, 0.5) is 0 Å². The molecule has 1 aromatic carbocycles. The zero-order chi connectivity index (χ0) is 18.9. The zero-order valence-electron chi connectivity index (χ0n) is 14.6. The molecule has 26 heavy (non-hydrogen) atoms. The Morgan fingerprint density at radius 2 is 2.08 bits per heavy atom. The van der Waals surface area contributed by atoms with E-state index in [1.54, 1.807) is 6.08 Å². The summed E-state index contributed by atoms with van der Waals surface area (Å²) < 4.78 is 15.4. The fraction of sp³-hybridized carbons (Fsp3) is 0.368. The number of unbranched alkanes of at least 4 members (excludes halogenated alkanes) is 4. The van der Waals surface area contributed by atoms with Crippen LogP contribution in [-0.2, 0) is 4.79 Å². The quantitative estimate of drug-likeness (QED) is 0.376.